The van der Waals surface area contributed by atoms with E-state index < -0.39 is 0 Å². The predicted molar refractivity (Wildman–Crippen MR) is 82.0 cm³/mol. The first-order valence-corrected chi connectivity index (χ1v) is 6.45. The quantitative estimate of drug-likeness (QED) is 0.859. The zero-order valence-electron chi connectivity index (χ0n) is 12.3. The molecule has 1 aromatic carbocycles. The molecule has 0 fully saturated rings. The van der Waals surface area contributed by atoms with Crippen LogP contribution in [0.3, 0.4) is 0 Å². The van der Waals surface area contributed by atoms with E-state index in [2.05, 4.69) is 11.1 Å². The lowest BCUT2D eigenvalue weighted by molar-refractivity contribution is 0.0822. The van der Waals surface area contributed by atoms with Crippen LogP contribution >= 0.6 is 0 Å². The normalized spacial score (nSPS) is 10.2. The largest absolute Gasteiger partial charge is 0.378 e. The summed E-state index contributed by atoms with van der Waals surface area (Å²) in [6, 6.07) is 13.6. The fourth-order valence-electron chi connectivity index (χ4n) is 1.89. The summed E-state index contributed by atoms with van der Waals surface area (Å²) in [7, 11) is 7.45. The molecule has 0 unspecified atom stereocenters. The Labute approximate surface area is 119 Å². The first kappa shape index (κ1) is 14.1. The van der Waals surface area contributed by atoms with Gasteiger partial charge in [-0.1, -0.05) is 18.2 Å². The number of anilines is 1. The van der Waals surface area contributed by atoms with Gasteiger partial charge in [-0.15, -0.1) is 0 Å². The Morgan fingerprint density at radius 1 is 1.00 bits per heavy atom. The molecule has 2 rings (SSSR count). The maximum absolute atomic E-state index is 12.0. The Balaban J connectivity index is 2.41. The SMILES string of the molecule is CN(C)C(=O)c1cccc(-c2cccc(N(C)C)c2)n1. The molecule has 0 aliphatic rings. The van der Waals surface area contributed by atoms with Crippen molar-refractivity contribution in [2.75, 3.05) is 33.1 Å². The molecule has 104 valence electrons. The van der Waals surface area contributed by atoms with Crippen molar-refractivity contribution in [3.8, 4) is 11.3 Å². The highest BCUT2D eigenvalue weighted by molar-refractivity contribution is 5.92. The Bertz CT molecular complexity index is 621. The summed E-state index contributed by atoms with van der Waals surface area (Å²) in [6.07, 6.45) is 0. The van der Waals surface area contributed by atoms with Crippen molar-refractivity contribution in [1.82, 2.24) is 9.88 Å². The van der Waals surface area contributed by atoms with Gasteiger partial charge >= 0.3 is 0 Å². The van der Waals surface area contributed by atoms with Crippen LogP contribution in [0.2, 0.25) is 0 Å². The summed E-state index contributed by atoms with van der Waals surface area (Å²) in [6.45, 7) is 0. The second-order valence-electron chi connectivity index (χ2n) is 5.05. The molecule has 0 N–H and O–H groups in total. The highest BCUT2D eigenvalue weighted by Crippen LogP contribution is 2.22. The first-order chi connectivity index (χ1) is 9.49. The van der Waals surface area contributed by atoms with E-state index in [1.54, 1.807) is 20.2 Å². The molecule has 2 aromatic rings. The minimum absolute atomic E-state index is 0.0874. The van der Waals surface area contributed by atoms with Crippen LogP contribution in [0.5, 0.6) is 0 Å². The number of carbonyl (C=O) groups is 1. The highest BCUT2D eigenvalue weighted by Gasteiger charge is 2.11. The second kappa shape index (κ2) is 5.74. The number of hydrogen-bond donors (Lipinski definition) is 0. The first-order valence-electron chi connectivity index (χ1n) is 6.45. The standard InChI is InChI=1S/C16H19N3O/c1-18(2)13-8-5-7-12(11-13)14-9-6-10-15(17-14)16(20)19(3)4/h5-11H,1-4H3. The Morgan fingerprint density at radius 3 is 2.35 bits per heavy atom. The van der Waals surface area contributed by atoms with E-state index >= 15 is 0 Å². The number of nitrogens with zero attached hydrogens (tertiary/aromatic N) is 3. The summed E-state index contributed by atoms with van der Waals surface area (Å²) in [4.78, 5) is 20.0. The lowest BCUT2D eigenvalue weighted by atomic mass is 10.1. The molecule has 0 aliphatic heterocycles. The van der Waals surface area contributed by atoms with Crippen LogP contribution in [0.15, 0.2) is 42.5 Å². The van der Waals surface area contributed by atoms with Crippen molar-refractivity contribution in [2.24, 2.45) is 0 Å². The van der Waals surface area contributed by atoms with Crippen molar-refractivity contribution in [3.63, 3.8) is 0 Å². The number of rotatable bonds is 3. The van der Waals surface area contributed by atoms with Crippen molar-refractivity contribution < 1.29 is 4.79 Å². The molecule has 1 amide bonds. The van der Waals surface area contributed by atoms with Crippen LogP contribution in [0.25, 0.3) is 11.3 Å². The molecule has 1 aromatic heterocycles. The van der Waals surface area contributed by atoms with E-state index in [4.69, 9.17) is 0 Å². The van der Waals surface area contributed by atoms with Gasteiger partial charge in [0.15, 0.2) is 0 Å². The topological polar surface area (TPSA) is 36.4 Å². The van der Waals surface area contributed by atoms with Gasteiger partial charge in [0.1, 0.15) is 5.69 Å². The fourth-order valence-corrected chi connectivity index (χ4v) is 1.89. The lowest BCUT2D eigenvalue weighted by Gasteiger charge is -2.14. The Kier molecular flexibility index (Phi) is 4.03. The maximum atomic E-state index is 12.0. The minimum atomic E-state index is -0.0874. The molecule has 4 nitrogen and oxygen atoms in total. The molecule has 1 heterocycles. The molecule has 20 heavy (non-hydrogen) atoms. The lowest BCUT2D eigenvalue weighted by Crippen LogP contribution is -2.22. The number of hydrogen-bond acceptors (Lipinski definition) is 3. The van der Waals surface area contributed by atoms with Gasteiger partial charge in [-0.25, -0.2) is 4.98 Å². The second-order valence-corrected chi connectivity index (χ2v) is 5.05. The van der Waals surface area contributed by atoms with Gasteiger partial charge in [0.05, 0.1) is 5.69 Å². The molecule has 0 aliphatic carbocycles. The molecule has 0 saturated heterocycles. The van der Waals surface area contributed by atoms with Crippen LogP contribution in [0, 0.1) is 0 Å². The van der Waals surface area contributed by atoms with Crippen molar-refractivity contribution in [3.05, 3.63) is 48.2 Å². The number of benzene rings is 1. The van der Waals surface area contributed by atoms with E-state index in [0.29, 0.717) is 5.69 Å². The number of aromatic nitrogens is 1. The van der Waals surface area contributed by atoms with Gasteiger partial charge in [0.2, 0.25) is 0 Å². The van der Waals surface area contributed by atoms with Gasteiger partial charge in [-0.3, -0.25) is 4.79 Å². The molecule has 0 saturated carbocycles. The van der Waals surface area contributed by atoms with Crippen LogP contribution < -0.4 is 4.90 Å². The number of pyridine rings is 1. The van der Waals surface area contributed by atoms with E-state index in [-0.39, 0.29) is 5.91 Å². The van der Waals surface area contributed by atoms with Crippen LogP contribution in [-0.2, 0) is 0 Å². The summed E-state index contributed by atoms with van der Waals surface area (Å²) in [5, 5.41) is 0. The van der Waals surface area contributed by atoms with Gasteiger partial charge < -0.3 is 9.80 Å². The zero-order valence-corrected chi connectivity index (χ0v) is 12.3. The smallest absolute Gasteiger partial charge is 0.271 e. The van der Waals surface area contributed by atoms with Crippen LogP contribution in [-0.4, -0.2) is 44.0 Å². The average Bonchev–Trinajstić information content (AvgIpc) is 2.46. The highest BCUT2D eigenvalue weighted by atomic mass is 16.2. The molecular weight excluding hydrogens is 250 g/mol. The molecule has 0 radical (unpaired) electrons. The van der Waals surface area contributed by atoms with E-state index in [0.717, 1.165) is 16.9 Å². The Morgan fingerprint density at radius 2 is 1.70 bits per heavy atom. The molecule has 4 heteroatoms. The third-order valence-corrected chi connectivity index (χ3v) is 3.03. The van der Waals surface area contributed by atoms with Crippen LogP contribution in [0.4, 0.5) is 5.69 Å². The van der Waals surface area contributed by atoms with Gasteiger partial charge in [-0.05, 0) is 24.3 Å². The zero-order chi connectivity index (χ0) is 14.7. The van der Waals surface area contributed by atoms with Gasteiger partial charge in [0.25, 0.3) is 5.91 Å². The Hall–Kier alpha value is -2.36. The van der Waals surface area contributed by atoms with Gasteiger partial charge in [0, 0.05) is 39.4 Å². The van der Waals surface area contributed by atoms with E-state index in [9.17, 15) is 4.79 Å². The van der Waals surface area contributed by atoms with Crippen molar-refractivity contribution >= 4 is 11.6 Å². The average molecular weight is 269 g/mol. The number of carbonyl (C=O) groups excluding carboxylic acids is 1. The predicted octanol–water partition coefficient (Wildman–Crippen LogP) is 2.52. The molecule has 0 spiro atoms. The number of amides is 1. The van der Waals surface area contributed by atoms with E-state index in [1.165, 1.54) is 4.90 Å². The summed E-state index contributed by atoms with van der Waals surface area (Å²) >= 11 is 0. The summed E-state index contributed by atoms with van der Waals surface area (Å²) in [5.74, 6) is -0.0874. The third-order valence-electron chi connectivity index (χ3n) is 3.03. The fraction of sp³-hybridized carbons (Fsp3) is 0.250. The van der Waals surface area contributed by atoms with Gasteiger partial charge in [-0.2, -0.15) is 0 Å². The summed E-state index contributed by atoms with van der Waals surface area (Å²) < 4.78 is 0. The monoisotopic (exact) mass is 269 g/mol. The summed E-state index contributed by atoms with van der Waals surface area (Å²) in [5.41, 5.74) is 3.38. The van der Waals surface area contributed by atoms with Crippen molar-refractivity contribution in [2.45, 2.75) is 0 Å². The molecule has 0 atom stereocenters. The maximum Gasteiger partial charge on any atom is 0.271 e. The molecule has 0 bridgehead atoms. The third kappa shape index (κ3) is 2.96. The van der Waals surface area contributed by atoms with Crippen molar-refractivity contribution in [1.29, 1.82) is 0 Å². The minimum Gasteiger partial charge on any atom is -0.378 e. The van der Waals surface area contributed by atoms with Crippen LogP contribution in [0.1, 0.15) is 10.5 Å². The van der Waals surface area contributed by atoms with E-state index in [1.807, 2.05) is 49.3 Å². The molecular formula is C16H19N3O.